The fraction of sp³-hybridized carbons (Fsp3) is 0.333. The Morgan fingerprint density at radius 3 is 3.14 bits per heavy atom. The van der Waals surface area contributed by atoms with Crippen LogP contribution in [0.15, 0.2) is 24.0 Å². The number of aryl methyl sites for hydroxylation is 1. The highest BCUT2D eigenvalue weighted by molar-refractivity contribution is 7.09. The molecule has 0 aliphatic carbocycles. The summed E-state index contributed by atoms with van der Waals surface area (Å²) in [5.41, 5.74) is 1.06. The third-order valence-electron chi connectivity index (χ3n) is 1.86. The molecule has 0 bridgehead atoms. The minimum absolute atomic E-state index is 0.902. The third-order valence-corrected chi connectivity index (χ3v) is 2.70. The van der Waals surface area contributed by atoms with Gasteiger partial charge in [0.15, 0.2) is 0 Å². The van der Waals surface area contributed by atoms with Gasteiger partial charge in [-0.25, -0.2) is 4.98 Å². The van der Waals surface area contributed by atoms with Crippen LogP contribution in [0.1, 0.15) is 5.01 Å². The highest BCUT2D eigenvalue weighted by atomic mass is 32.1. The fourth-order valence-electron chi connectivity index (χ4n) is 1.20. The maximum atomic E-state index is 4.21. The molecule has 0 aliphatic heterocycles. The summed E-state index contributed by atoms with van der Waals surface area (Å²) in [4.78, 5) is 4.21. The van der Waals surface area contributed by atoms with Gasteiger partial charge in [-0.2, -0.15) is 5.10 Å². The lowest BCUT2D eigenvalue weighted by Gasteiger charge is -1.99. The minimum atomic E-state index is 0.902. The van der Waals surface area contributed by atoms with Crippen LogP contribution in [0, 0.1) is 0 Å². The standard InChI is InChI=1S/C9H12N4S/c1-13-7-8(6-12-13)10-3-2-9-11-4-5-14-9/h4-7,10H,2-3H2,1H3. The van der Waals surface area contributed by atoms with Gasteiger partial charge in [-0.15, -0.1) is 11.3 Å². The topological polar surface area (TPSA) is 42.7 Å². The SMILES string of the molecule is Cn1cc(NCCc2nccs2)cn1. The van der Waals surface area contributed by atoms with E-state index in [1.807, 2.05) is 31.0 Å². The van der Waals surface area contributed by atoms with Gasteiger partial charge in [-0.3, -0.25) is 4.68 Å². The van der Waals surface area contributed by atoms with Crippen LogP contribution >= 0.6 is 11.3 Å². The lowest BCUT2D eigenvalue weighted by Crippen LogP contribution is -2.03. The molecule has 0 amide bonds. The fourth-order valence-corrected chi connectivity index (χ4v) is 1.82. The van der Waals surface area contributed by atoms with E-state index in [4.69, 9.17) is 0 Å². The van der Waals surface area contributed by atoms with E-state index in [0.29, 0.717) is 0 Å². The molecule has 0 spiro atoms. The molecule has 1 N–H and O–H groups in total. The van der Waals surface area contributed by atoms with Crippen molar-refractivity contribution in [2.45, 2.75) is 6.42 Å². The Balaban J connectivity index is 1.78. The molecule has 0 aromatic carbocycles. The molecule has 0 atom stereocenters. The maximum Gasteiger partial charge on any atom is 0.0942 e. The summed E-state index contributed by atoms with van der Waals surface area (Å²) in [7, 11) is 1.91. The zero-order chi connectivity index (χ0) is 9.80. The van der Waals surface area contributed by atoms with Gasteiger partial charge in [0, 0.05) is 37.8 Å². The average Bonchev–Trinajstić information content (AvgIpc) is 2.77. The molecule has 2 aromatic heterocycles. The second kappa shape index (κ2) is 4.23. The van der Waals surface area contributed by atoms with Crippen LogP contribution in [-0.4, -0.2) is 21.3 Å². The predicted octanol–water partition coefficient (Wildman–Crippen LogP) is 1.53. The van der Waals surface area contributed by atoms with Crippen LogP contribution < -0.4 is 5.32 Å². The van der Waals surface area contributed by atoms with Gasteiger partial charge in [0.2, 0.25) is 0 Å². The number of anilines is 1. The number of hydrogen-bond acceptors (Lipinski definition) is 4. The van der Waals surface area contributed by atoms with E-state index >= 15 is 0 Å². The average molecular weight is 208 g/mol. The largest absolute Gasteiger partial charge is 0.382 e. The first-order valence-corrected chi connectivity index (χ1v) is 5.33. The van der Waals surface area contributed by atoms with E-state index in [2.05, 4.69) is 15.4 Å². The minimum Gasteiger partial charge on any atom is -0.382 e. The molecule has 2 heterocycles. The summed E-state index contributed by atoms with van der Waals surface area (Å²) >= 11 is 1.69. The number of thiazole rings is 1. The van der Waals surface area contributed by atoms with Gasteiger partial charge >= 0.3 is 0 Å². The summed E-state index contributed by atoms with van der Waals surface area (Å²) in [5, 5.41) is 10.5. The summed E-state index contributed by atoms with van der Waals surface area (Å²) in [6.07, 6.45) is 6.58. The van der Waals surface area contributed by atoms with Gasteiger partial charge in [0.1, 0.15) is 0 Å². The molecule has 14 heavy (non-hydrogen) atoms. The van der Waals surface area contributed by atoms with E-state index in [-0.39, 0.29) is 0 Å². The smallest absolute Gasteiger partial charge is 0.0942 e. The lowest BCUT2D eigenvalue weighted by molar-refractivity contribution is 0.768. The molecule has 2 aromatic rings. The van der Waals surface area contributed by atoms with Gasteiger partial charge in [0.25, 0.3) is 0 Å². The Morgan fingerprint density at radius 2 is 2.50 bits per heavy atom. The van der Waals surface area contributed by atoms with Crippen molar-refractivity contribution in [3.05, 3.63) is 29.0 Å². The number of nitrogens with zero attached hydrogens (tertiary/aromatic N) is 3. The molecule has 0 saturated carbocycles. The van der Waals surface area contributed by atoms with Crippen molar-refractivity contribution in [2.75, 3.05) is 11.9 Å². The molecule has 0 aliphatic rings. The Bertz CT molecular complexity index is 379. The number of nitrogens with one attached hydrogen (secondary N) is 1. The molecule has 5 heteroatoms. The molecule has 4 nitrogen and oxygen atoms in total. The predicted molar refractivity (Wildman–Crippen MR) is 57.5 cm³/mol. The molecular weight excluding hydrogens is 196 g/mol. The molecule has 0 unspecified atom stereocenters. The van der Waals surface area contributed by atoms with Crippen molar-refractivity contribution in [3.63, 3.8) is 0 Å². The highest BCUT2D eigenvalue weighted by Gasteiger charge is 1.96. The maximum absolute atomic E-state index is 4.21. The number of aromatic nitrogens is 3. The normalized spacial score (nSPS) is 10.4. The molecule has 0 saturated heterocycles. The summed E-state index contributed by atoms with van der Waals surface area (Å²) in [6, 6.07) is 0. The molecule has 74 valence electrons. The van der Waals surface area contributed by atoms with Crippen LogP contribution in [0.25, 0.3) is 0 Å². The van der Waals surface area contributed by atoms with Gasteiger partial charge < -0.3 is 5.32 Å². The van der Waals surface area contributed by atoms with Crippen molar-refractivity contribution in [3.8, 4) is 0 Å². The zero-order valence-corrected chi connectivity index (χ0v) is 8.79. The van der Waals surface area contributed by atoms with E-state index < -0.39 is 0 Å². The quantitative estimate of drug-likeness (QED) is 0.828. The molecule has 2 rings (SSSR count). The number of hydrogen-bond donors (Lipinski definition) is 1. The molecule has 0 radical (unpaired) electrons. The molecule has 0 fully saturated rings. The first-order valence-electron chi connectivity index (χ1n) is 4.45. The van der Waals surface area contributed by atoms with Crippen LogP contribution in [0.4, 0.5) is 5.69 Å². The third kappa shape index (κ3) is 2.32. The first-order chi connectivity index (χ1) is 6.84. The first kappa shape index (κ1) is 9.21. The van der Waals surface area contributed by atoms with Crippen LogP contribution in [0.3, 0.4) is 0 Å². The van der Waals surface area contributed by atoms with Crippen molar-refractivity contribution < 1.29 is 0 Å². The van der Waals surface area contributed by atoms with Crippen molar-refractivity contribution in [1.29, 1.82) is 0 Å². The van der Waals surface area contributed by atoms with E-state index in [0.717, 1.165) is 18.7 Å². The van der Waals surface area contributed by atoms with Crippen LogP contribution in [0.5, 0.6) is 0 Å². The Morgan fingerprint density at radius 1 is 1.57 bits per heavy atom. The van der Waals surface area contributed by atoms with Crippen molar-refractivity contribution in [1.82, 2.24) is 14.8 Å². The second-order valence-corrected chi connectivity index (χ2v) is 3.98. The van der Waals surface area contributed by atoms with Crippen molar-refractivity contribution >= 4 is 17.0 Å². The summed E-state index contributed by atoms with van der Waals surface area (Å²) in [6.45, 7) is 0.902. The highest BCUT2D eigenvalue weighted by Crippen LogP contribution is 2.06. The molecular formula is C9H12N4S. The lowest BCUT2D eigenvalue weighted by atomic mass is 10.4. The Labute approximate surface area is 86.6 Å². The van der Waals surface area contributed by atoms with Crippen LogP contribution in [0.2, 0.25) is 0 Å². The summed E-state index contributed by atoms with van der Waals surface area (Å²) in [5.74, 6) is 0. The van der Waals surface area contributed by atoms with Crippen LogP contribution in [-0.2, 0) is 13.5 Å². The monoisotopic (exact) mass is 208 g/mol. The van der Waals surface area contributed by atoms with Gasteiger partial charge in [-0.1, -0.05) is 0 Å². The van der Waals surface area contributed by atoms with Crippen molar-refractivity contribution in [2.24, 2.45) is 7.05 Å². The zero-order valence-electron chi connectivity index (χ0n) is 7.97. The number of rotatable bonds is 4. The Hall–Kier alpha value is -1.36. The summed E-state index contributed by atoms with van der Waals surface area (Å²) < 4.78 is 1.78. The second-order valence-electron chi connectivity index (χ2n) is 3.01. The Kier molecular flexibility index (Phi) is 2.78. The van der Waals surface area contributed by atoms with E-state index in [9.17, 15) is 0 Å². The van der Waals surface area contributed by atoms with Gasteiger partial charge in [-0.05, 0) is 0 Å². The van der Waals surface area contributed by atoms with E-state index in [1.165, 1.54) is 5.01 Å². The van der Waals surface area contributed by atoms with Gasteiger partial charge in [0.05, 0.1) is 16.9 Å². The van der Waals surface area contributed by atoms with E-state index in [1.54, 1.807) is 16.0 Å².